The monoisotopic (exact) mass is 566 g/mol. The van der Waals surface area contributed by atoms with Crippen LogP contribution in [0.25, 0.3) is 0 Å². The lowest BCUT2D eigenvalue weighted by atomic mass is 9.89. The second kappa shape index (κ2) is 21.1. The van der Waals surface area contributed by atoms with Crippen LogP contribution in [0.5, 0.6) is 0 Å². The molecule has 6 nitrogen and oxygen atoms in total. The zero-order valence-corrected chi connectivity index (χ0v) is 25.4. The summed E-state index contributed by atoms with van der Waals surface area (Å²) in [4.78, 5) is 46.9. The van der Waals surface area contributed by atoms with E-state index in [0.29, 0.717) is 13.2 Å². The van der Waals surface area contributed by atoms with E-state index in [-0.39, 0.29) is 35.0 Å². The smallest absolute Gasteiger partial charge is 0.310 e. The van der Waals surface area contributed by atoms with Gasteiger partial charge >= 0.3 is 11.9 Å². The van der Waals surface area contributed by atoms with Gasteiger partial charge in [0.1, 0.15) is 0 Å². The SMILES string of the molecule is CCOC(=O)Cc1cc(CCCCCCSC(C)=O)c(CCCCCCSC(C)=O)cc1CC(=O)OCC. The van der Waals surface area contributed by atoms with Crippen LogP contribution in [0.3, 0.4) is 0 Å². The van der Waals surface area contributed by atoms with Crippen molar-refractivity contribution >= 4 is 45.7 Å². The van der Waals surface area contributed by atoms with E-state index in [0.717, 1.165) is 86.8 Å². The Labute approximate surface area is 237 Å². The fraction of sp³-hybridized carbons (Fsp3) is 0.667. The van der Waals surface area contributed by atoms with E-state index in [1.807, 2.05) is 0 Å². The molecule has 0 atom stereocenters. The molecule has 8 heteroatoms. The van der Waals surface area contributed by atoms with Crippen molar-refractivity contribution in [3.63, 3.8) is 0 Å². The summed E-state index contributed by atoms with van der Waals surface area (Å²) in [7, 11) is 0. The molecule has 0 N–H and O–H groups in total. The molecule has 0 aliphatic carbocycles. The van der Waals surface area contributed by atoms with Crippen molar-refractivity contribution in [2.75, 3.05) is 24.7 Å². The van der Waals surface area contributed by atoms with Crippen LogP contribution >= 0.6 is 23.5 Å². The summed E-state index contributed by atoms with van der Waals surface area (Å²) >= 11 is 2.78. The topological polar surface area (TPSA) is 86.7 Å². The minimum Gasteiger partial charge on any atom is -0.466 e. The molecule has 0 saturated carbocycles. The van der Waals surface area contributed by atoms with E-state index in [9.17, 15) is 19.2 Å². The summed E-state index contributed by atoms with van der Waals surface area (Å²) < 4.78 is 10.4. The predicted octanol–water partition coefficient (Wildman–Crippen LogP) is 6.66. The third kappa shape index (κ3) is 16.2. The van der Waals surface area contributed by atoms with E-state index < -0.39 is 0 Å². The number of hydrogen-bond acceptors (Lipinski definition) is 8. The normalized spacial score (nSPS) is 10.8. The fourth-order valence-electron chi connectivity index (χ4n) is 4.29. The first-order valence-corrected chi connectivity index (χ1v) is 15.9. The van der Waals surface area contributed by atoms with Gasteiger partial charge in [0.05, 0.1) is 26.1 Å². The molecule has 0 saturated heterocycles. The number of benzene rings is 1. The first kappa shape index (κ1) is 34.2. The summed E-state index contributed by atoms with van der Waals surface area (Å²) in [6.45, 7) is 7.45. The Bertz CT molecular complexity index is 813. The van der Waals surface area contributed by atoms with E-state index >= 15 is 0 Å². The first-order valence-electron chi connectivity index (χ1n) is 14.0. The highest BCUT2D eigenvalue weighted by atomic mass is 32.2. The van der Waals surface area contributed by atoms with Gasteiger partial charge < -0.3 is 9.47 Å². The number of carbonyl (C=O) groups is 4. The Balaban J connectivity index is 2.95. The molecule has 214 valence electrons. The summed E-state index contributed by atoms with van der Waals surface area (Å²) in [5, 5.41) is 0.341. The van der Waals surface area contributed by atoms with Crippen molar-refractivity contribution in [3.8, 4) is 0 Å². The van der Waals surface area contributed by atoms with Gasteiger partial charge in [-0.05, 0) is 74.6 Å². The standard InChI is InChI=1S/C30H46O6S2/c1-5-35-29(33)21-27-19-25(15-11-7-9-13-17-37-23(3)31)26(20-28(27)22-30(34)36-6-2)16-12-8-10-14-18-38-24(4)32/h19-20H,5-18,21-22H2,1-4H3. The van der Waals surface area contributed by atoms with Crippen LogP contribution in [0.15, 0.2) is 12.1 Å². The molecule has 1 rings (SSSR count). The molecule has 0 radical (unpaired) electrons. The lowest BCUT2D eigenvalue weighted by Crippen LogP contribution is -2.14. The number of unbranched alkanes of at least 4 members (excludes halogenated alkanes) is 6. The van der Waals surface area contributed by atoms with Gasteiger partial charge in [0.25, 0.3) is 0 Å². The molecular formula is C30H46O6S2. The van der Waals surface area contributed by atoms with Gasteiger partial charge in [0.2, 0.25) is 0 Å². The highest BCUT2D eigenvalue weighted by Gasteiger charge is 2.17. The van der Waals surface area contributed by atoms with E-state index in [4.69, 9.17) is 9.47 Å². The zero-order chi connectivity index (χ0) is 28.2. The Morgan fingerprint density at radius 2 is 0.947 bits per heavy atom. The number of ether oxygens (including phenoxy) is 2. The molecule has 1 aromatic carbocycles. The third-order valence-electron chi connectivity index (χ3n) is 6.09. The third-order valence-corrected chi connectivity index (χ3v) is 7.89. The number of esters is 2. The Morgan fingerprint density at radius 3 is 1.29 bits per heavy atom. The first-order chi connectivity index (χ1) is 18.3. The van der Waals surface area contributed by atoms with Crippen LogP contribution in [0.1, 0.15) is 101 Å². The maximum Gasteiger partial charge on any atom is 0.310 e. The molecule has 38 heavy (non-hydrogen) atoms. The summed E-state index contributed by atoms with van der Waals surface area (Å²) in [5.41, 5.74) is 4.16. The number of thioether (sulfide) groups is 2. The van der Waals surface area contributed by atoms with Gasteiger partial charge in [0, 0.05) is 25.4 Å². The molecular weight excluding hydrogens is 520 g/mol. The van der Waals surface area contributed by atoms with E-state index in [1.165, 1.54) is 34.7 Å². The van der Waals surface area contributed by atoms with Crippen LogP contribution in [0.4, 0.5) is 0 Å². The Kier molecular flexibility index (Phi) is 19.0. The second-order valence-corrected chi connectivity index (χ2v) is 11.9. The quantitative estimate of drug-likeness (QED) is 0.128. The maximum atomic E-state index is 12.3. The van der Waals surface area contributed by atoms with Crippen molar-refractivity contribution in [1.82, 2.24) is 0 Å². The van der Waals surface area contributed by atoms with Crippen LogP contribution in [-0.4, -0.2) is 46.9 Å². The lowest BCUT2D eigenvalue weighted by molar-refractivity contribution is -0.143. The summed E-state index contributed by atoms with van der Waals surface area (Å²) in [5.74, 6) is 1.17. The number of carbonyl (C=O) groups excluding carboxylic acids is 4. The van der Waals surface area contributed by atoms with Gasteiger partial charge in [-0.2, -0.15) is 0 Å². The molecule has 0 fully saturated rings. The second-order valence-electron chi connectivity index (χ2n) is 9.36. The Hall–Kier alpha value is -1.80. The van der Waals surface area contributed by atoms with Gasteiger partial charge in [-0.1, -0.05) is 61.3 Å². The van der Waals surface area contributed by atoms with Crippen LogP contribution < -0.4 is 0 Å². The molecule has 0 spiro atoms. The summed E-state index contributed by atoms with van der Waals surface area (Å²) in [6, 6.07) is 4.21. The molecule has 0 amide bonds. The molecule has 0 bridgehead atoms. The molecule has 0 aromatic heterocycles. The van der Waals surface area contributed by atoms with Gasteiger partial charge in [-0.15, -0.1) is 0 Å². The number of rotatable bonds is 20. The van der Waals surface area contributed by atoms with E-state index in [1.54, 1.807) is 27.7 Å². The highest BCUT2D eigenvalue weighted by Crippen LogP contribution is 2.24. The van der Waals surface area contributed by atoms with Crippen LogP contribution in [-0.2, 0) is 54.3 Å². The molecule has 0 heterocycles. The minimum absolute atomic E-state index is 0.145. The van der Waals surface area contributed by atoms with Crippen molar-refractivity contribution in [2.24, 2.45) is 0 Å². The molecule has 0 unspecified atom stereocenters. The molecule has 1 aromatic rings. The van der Waals surface area contributed by atoms with Crippen LogP contribution in [0.2, 0.25) is 0 Å². The largest absolute Gasteiger partial charge is 0.466 e. The molecule has 0 aliphatic heterocycles. The average Bonchev–Trinajstić information content (AvgIpc) is 2.84. The summed E-state index contributed by atoms with van der Waals surface area (Å²) in [6.07, 6.45) is 10.6. The average molecular weight is 567 g/mol. The highest BCUT2D eigenvalue weighted by molar-refractivity contribution is 8.13. The van der Waals surface area contributed by atoms with Crippen molar-refractivity contribution in [2.45, 2.75) is 105 Å². The maximum absolute atomic E-state index is 12.3. The van der Waals surface area contributed by atoms with Gasteiger partial charge in [-0.25, -0.2) is 0 Å². The van der Waals surface area contributed by atoms with Gasteiger partial charge in [-0.3, -0.25) is 19.2 Å². The van der Waals surface area contributed by atoms with Crippen molar-refractivity contribution in [1.29, 1.82) is 0 Å². The van der Waals surface area contributed by atoms with Crippen molar-refractivity contribution < 1.29 is 28.7 Å². The number of aryl methyl sites for hydroxylation is 2. The Morgan fingerprint density at radius 1 is 0.579 bits per heavy atom. The fourth-order valence-corrected chi connectivity index (χ4v) is 5.57. The lowest BCUT2D eigenvalue weighted by Gasteiger charge is -2.17. The van der Waals surface area contributed by atoms with E-state index in [2.05, 4.69) is 12.1 Å². The molecule has 0 aliphatic rings. The zero-order valence-electron chi connectivity index (χ0n) is 23.7. The predicted molar refractivity (Wildman–Crippen MR) is 158 cm³/mol. The minimum atomic E-state index is -0.289. The number of hydrogen-bond donors (Lipinski definition) is 0. The van der Waals surface area contributed by atoms with Crippen LogP contribution in [0, 0.1) is 0 Å². The van der Waals surface area contributed by atoms with Crippen molar-refractivity contribution in [3.05, 3.63) is 34.4 Å². The van der Waals surface area contributed by atoms with Gasteiger partial charge in [0.15, 0.2) is 10.2 Å².